The summed E-state index contributed by atoms with van der Waals surface area (Å²) in [6, 6.07) is 3.91. The smallest absolute Gasteiger partial charge is 0.471 e. The van der Waals surface area contributed by atoms with E-state index in [1.54, 1.807) is 5.32 Å². The molecule has 0 spiro atoms. The highest BCUT2D eigenvalue weighted by atomic mass is 19.4. The van der Waals surface area contributed by atoms with E-state index in [0.29, 0.717) is 0 Å². The highest BCUT2D eigenvalue weighted by Gasteiger charge is 2.40. The van der Waals surface area contributed by atoms with Crippen LogP contribution in [0.15, 0.2) is 24.3 Å². The number of hydrogen-bond donors (Lipinski definition) is 2. The third-order valence-electron chi connectivity index (χ3n) is 2.44. The Balaban J connectivity index is 2.83. The zero-order valence-electron chi connectivity index (χ0n) is 10.1. The van der Waals surface area contributed by atoms with Crippen molar-refractivity contribution in [3.63, 3.8) is 0 Å². The van der Waals surface area contributed by atoms with Crippen LogP contribution in [0.1, 0.15) is 12.0 Å². The molecule has 1 aromatic carbocycles. The maximum Gasteiger partial charge on any atom is 0.471 e. The molecule has 0 aliphatic carbocycles. The van der Waals surface area contributed by atoms with Crippen LogP contribution in [-0.4, -0.2) is 29.2 Å². The quantitative estimate of drug-likeness (QED) is 0.815. The molecule has 1 aromatic rings. The van der Waals surface area contributed by atoms with E-state index in [1.807, 2.05) is 0 Å². The first-order valence-electron chi connectivity index (χ1n) is 5.53. The van der Waals surface area contributed by atoms with Crippen LogP contribution < -0.4 is 5.32 Å². The Bertz CT molecular complexity index is 502. The van der Waals surface area contributed by atoms with Crippen molar-refractivity contribution in [3.05, 3.63) is 35.6 Å². The van der Waals surface area contributed by atoms with Gasteiger partial charge in [0.2, 0.25) is 0 Å². The Morgan fingerprint density at radius 1 is 1.25 bits per heavy atom. The molecule has 0 saturated carbocycles. The first-order chi connectivity index (χ1) is 9.20. The molecule has 0 bridgehead atoms. The molecule has 4 nitrogen and oxygen atoms in total. The van der Waals surface area contributed by atoms with Gasteiger partial charge in [-0.25, -0.2) is 4.39 Å². The van der Waals surface area contributed by atoms with Gasteiger partial charge in [-0.2, -0.15) is 13.2 Å². The van der Waals surface area contributed by atoms with Gasteiger partial charge in [-0.3, -0.25) is 9.59 Å². The van der Waals surface area contributed by atoms with E-state index in [2.05, 4.69) is 0 Å². The van der Waals surface area contributed by atoms with Gasteiger partial charge in [0.05, 0.1) is 6.42 Å². The van der Waals surface area contributed by atoms with Crippen molar-refractivity contribution in [1.29, 1.82) is 0 Å². The Labute approximate surface area is 111 Å². The van der Waals surface area contributed by atoms with Gasteiger partial charge in [-0.05, 0) is 18.1 Å². The number of amides is 1. The molecule has 0 fully saturated rings. The minimum atomic E-state index is -5.12. The highest BCUT2D eigenvalue weighted by Crippen LogP contribution is 2.16. The predicted octanol–water partition coefficient (Wildman–Crippen LogP) is 1.89. The average molecular weight is 293 g/mol. The van der Waals surface area contributed by atoms with E-state index in [4.69, 9.17) is 5.11 Å². The summed E-state index contributed by atoms with van der Waals surface area (Å²) in [4.78, 5) is 21.4. The first-order valence-corrected chi connectivity index (χ1v) is 5.53. The maximum atomic E-state index is 13.4. The second-order valence-electron chi connectivity index (χ2n) is 4.06. The molecule has 110 valence electrons. The minimum Gasteiger partial charge on any atom is -0.481 e. The Hall–Kier alpha value is -2.12. The summed E-state index contributed by atoms with van der Waals surface area (Å²) in [6.45, 7) is 0. The van der Waals surface area contributed by atoms with Crippen molar-refractivity contribution in [2.45, 2.75) is 25.1 Å². The standard InChI is InChI=1S/C12H11F4NO3/c13-9-4-2-1-3-7(9)5-8(6-10(18)19)17-11(20)12(14,15)16/h1-4,8H,5-6H2,(H,17,20)(H,18,19)/t8-/m1/s1. The minimum absolute atomic E-state index is 0.0289. The second kappa shape index (κ2) is 6.36. The summed E-state index contributed by atoms with van der Waals surface area (Å²) in [5.41, 5.74) is 0.0289. The van der Waals surface area contributed by atoms with Gasteiger partial charge in [0, 0.05) is 6.04 Å². The van der Waals surface area contributed by atoms with Gasteiger partial charge in [0.15, 0.2) is 0 Å². The highest BCUT2D eigenvalue weighted by molar-refractivity contribution is 5.82. The van der Waals surface area contributed by atoms with Gasteiger partial charge in [-0.1, -0.05) is 18.2 Å². The molecule has 1 rings (SSSR count). The number of rotatable bonds is 5. The number of carboxylic acids is 1. The Morgan fingerprint density at radius 3 is 2.35 bits per heavy atom. The van der Waals surface area contributed by atoms with Crippen LogP contribution in [0, 0.1) is 5.82 Å². The van der Waals surface area contributed by atoms with E-state index in [1.165, 1.54) is 18.2 Å². The number of hydrogen-bond acceptors (Lipinski definition) is 2. The second-order valence-corrected chi connectivity index (χ2v) is 4.06. The lowest BCUT2D eigenvalue weighted by molar-refractivity contribution is -0.174. The van der Waals surface area contributed by atoms with E-state index >= 15 is 0 Å². The fourth-order valence-corrected chi connectivity index (χ4v) is 1.58. The average Bonchev–Trinajstić information content (AvgIpc) is 2.30. The van der Waals surface area contributed by atoms with E-state index in [0.717, 1.165) is 6.07 Å². The van der Waals surface area contributed by atoms with Crippen molar-refractivity contribution in [2.75, 3.05) is 0 Å². The van der Waals surface area contributed by atoms with Crippen LogP contribution in [0.2, 0.25) is 0 Å². The third kappa shape index (κ3) is 4.87. The van der Waals surface area contributed by atoms with E-state index in [9.17, 15) is 27.2 Å². The molecule has 1 atom stereocenters. The Morgan fingerprint density at radius 2 is 1.85 bits per heavy atom. The van der Waals surface area contributed by atoms with Crippen molar-refractivity contribution >= 4 is 11.9 Å². The molecule has 0 saturated heterocycles. The van der Waals surface area contributed by atoms with Gasteiger partial charge in [-0.15, -0.1) is 0 Å². The Kier molecular flexibility index (Phi) is 5.06. The molecule has 1 amide bonds. The monoisotopic (exact) mass is 293 g/mol. The summed E-state index contributed by atoms with van der Waals surface area (Å²) < 4.78 is 49.8. The number of halogens is 4. The van der Waals surface area contributed by atoms with E-state index in [-0.39, 0.29) is 12.0 Å². The predicted molar refractivity (Wildman–Crippen MR) is 60.3 cm³/mol. The van der Waals surface area contributed by atoms with Crippen LogP contribution in [0.3, 0.4) is 0 Å². The molecule has 0 aliphatic rings. The lowest BCUT2D eigenvalue weighted by atomic mass is 10.0. The van der Waals surface area contributed by atoms with Crippen LogP contribution in [0.25, 0.3) is 0 Å². The fraction of sp³-hybridized carbons (Fsp3) is 0.333. The van der Waals surface area contributed by atoms with Crippen molar-refractivity contribution < 1.29 is 32.3 Å². The number of carbonyl (C=O) groups excluding carboxylic acids is 1. The number of carbonyl (C=O) groups is 2. The normalized spacial score (nSPS) is 12.8. The zero-order valence-corrected chi connectivity index (χ0v) is 10.1. The SMILES string of the molecule is O=C(O)C[C@@H](Cc1ccccc1F)NC(=O)C(F)(F)F. The molecule has 0 heterocycles. The first kappa shape index (κ1) is 15.9. The molecular weight excluding hydrogens is 282 g/mol. The summed E-state index contributed by atoms with van der Waals surface area (Å²) in [7, 11) is 0. The number of carboxylic acid groups (broad SMARTS) is 1. The molecule has 0 radical (unpaired) electrons. The van der Waals surface area contributed by atoms with E-state index < -0.39 is 36.3 Å². The van der Waals surface area contributed by atoms with Crippen LogP contribution >= 0.6 is 0 Å². The molecule has 2 N–H and O–H groups in total. The number of nitrogens with one attached hydrogen (secondary N) is 1. The van der Waals surface area contributed by atoms with Crippen molar-refractivity contribution in [1.82, 2.24) is 5.32 Å². The molecule has 8 heteroatoms. The molecule has 0 aromatic heterocycles. The van der Waals surface area contributed by atoms with Gasteiger partial charge in [0.25, 0.3) is 0 Å². The van der Waals surface area contributed by atoms with Crippen LogP contribution in [0.5, 0.6) is 0 Å². The molecule has 0 unspecified atom stereocenters. The summed E-state index contributed by atoms with van der Waals surface area (Å²) in [6.07, 6.45) is -6.21. The van der Waals surface area contributed by atoms with Crippen molar-refractivity contribution in [3.8, 4) is 0 Å². The summed E-state index contributed by atoms with van der Waals surface area (Å²) in [5, 5.41) is 10.2. The lowest BCUT2D eigenvalue weighted by Crippen LogP contribution is -2.45. The van der Waals surface area contributed by atoms with Gasteiger partial charge >= 0.3 is 18.1 Å². The number of aliphatic carboxylic acids is 1. The third-order valence-corrected chi connectivity index (χ3v) is 2.44. The molecule has 20 heavy (non-hydrogen) atoms. The van der Waals surface area contributed by atoms with Crippen LogP contribution in [-0.2, 0) is 16.0 Å². The number of alkyl halides is 3. The zero-order chi connectivity index (χ0) is 15.3. The summed E-state index contributed by atoms with van der Waals surface area (Å²) in [5.74, 6) is -4.32. The summed E-state index contributed by atoms with van der Waals surface area (Å²) >= 11 is 0. The van der Waals surface area contributed by atoms with Crippen molar-refractivity contribution in [2.24, 2.45) is 0 Å². The fourth-order valence-electron chi connectivity index (χ4n) is 1.58. The van der Waals surface area contributed by atoms with Gasteiger partial charge in [0.1, 0.15) is 5.82 Å². The maximum absolute atomic E-state index is 13.4. The molecular formula is C12H11F4NO3. The topological polar surface area (TPSA) is 66.4 Å². The van der Waals surface area contributed by atoms with Gasteiger partial charge < -0.3 is 10.4 Å². The largest absolute Gasteiger partial charge is 0.481 e. The lowest BCUT2D eigenvalue weighted by Gasteiger charge is -2.18. The molecule has 0 aliphatic heterocycles. The van der Waals surface area contributed by atoms with Crippen LogP contribution in [0.4, 0.5) is 17.6 Å². The number of benzene rings is 1.